The molecule has 1 atom stereocenters. The number of ether oxygens (including phenoxy) is 2. The topological polar surface area (TPSA) is 42.5 Å². The average molecular weight is 342 g/mol. The average Bonchev–Trinajstić information content (AvgIpc) is 2.61. The molecule has 0 radical (unpaired) electrons. The fourth-order valence-electron chi connectivity index (χ4n) is 2.55. The monoisotopic (exact) mass is 342 g/mol. The normalized spacial score (nSPS) is 13.9. The van der Waals surface area contributed by atoms with Crippen molar-refractivity contribution < 1.29 is 9.47 Å². The van der Waals surface area contributed by atoms with Crippen molar-refractivity contribution in [2.45, 2.75) is 26.2 Å². The minimum atomic E-state index is 0.544. The van der Waals surface area contributed by atoms with Crippen LogP contribution in [0, 0.1) is 0 Å². The Bertz CT molecular complexity index is 716. The molecule has 2 aromatic rings. The van der Waals surface area contributed by atoms with E-state index in [0.717, 1.165) is 29.3 Å². The smallest absolute Gasteiger partial charge is 0.175 e. The molecule has 0 saturated carbocycles. The maximum atomic E-state index is 5.58. The molecule has 126 valence electrons. The second-order valence-corrected chi connectivity index (χ2v) is 6.28. The molecule has 4 nitrogen and oxygen atoms in total. The summed E-state index contributed by atoms with van der Waals surface area (Å²) in [5.41, 5.74) is 3.18. The van der Waals surface area contributed by atoms with E-state index in [2.05, 4.69) is 48.7 Å². The lowest BCUT2D eigenvalue weighted by atomic mass is 9.99. The molecule has 0 bridgehead atoms. The fraction of sp³-hybridized carbons (Fsp3) is 0.316. The number of hydrogen-bond acceptors (Lipinski definition) is 3. The Hall–Kier alpha value is -2.27. The molecule has 0 spiro atoms. The number of thiocarbonyl (C=S) groups is 1. The van der Waals surface area contributed by atoms with Crippen molar-refractivity contribution in [2.24, 2.45) is 0 Å². The lowest BCUT2D eigenvalue weighted by Gasteiger charge is -2.19. The van der Waals surface area contributed by atoms with E-state index in [1.54, 1.807) is 0 Å². The number of anilines is 2. The standard InChI is InChI=1S/C19H22N2O2S/c1-3-13(2)14-4-6-15(7-5-14)20-19(24)21-16-8-9-17-18(12-16)23-11-10-22-17/h4-9,12-13H,3,10-11H2,1-2H3,(H2,20,21,24)/t13-/m0/s1. The largest absolute Gasteiger partial charge is 0.486 e. The van der Waals surface area contributed by atoms with Gasteiger partial charge in [-0.3, -0.25) is 0 Å². The second kappa shape index (κ2) is 7.53. The van der Waals surface area contributed by atoms with Crippen molar-refractivity contribution in [3.8, 4) is 11.5 Å². The summed E-state index contributed by atoms with van der Waals surface area (Å²) in [5, 5.41) is 6.92. The van der Waals surface area contributed by atoms with E-state index >= 15 is 0 Å². The quantitative estimate of drug-likeness (QED) is 0.783. The van der Waals surface area contributed by atoms with Crippen LogP contribution in [0.4, 0.5) is 11.4 Å². The zero-order chi connectivity index (χ0) is 16.9. The van der Waals surface area contributed by atoms with Gasteiger partial charge >= 0.3 is 0 Å². The second-order valence-electron chi connectivity index (χ2n) is 5.87. The van der Waals surface area contributed by atoms with Gasteiger partial charge in [-0.25, -0.2) is 0 Å². The first-order chi connectivity index (χ1) is 11.7. The Morgan fingerprint density at radius 2 is 1.62 bits per heavy atom. The Kier molecular flexibility index (Phi) is 5.20. The van der Waals surface area contributed by atoms with Crippen LogP contribution in [-0.4, -0.2) is 18.3 Å². The molecule has 1 aliphatic rings. The minimum absolute atomic E-state index is 0.544. The molecule has 0 fully saturated rings. The van der Waals surface area contributed by atoms with Gasteiger partial charge in [0.25, 0.3) is 0 Å². The van der Waals surface area contributed by atoms with E-state index < -0.39 is 0 Å². The van der Waals surface area contributed by atoms with Crippen LogP contribution in [0.3, 0.4) is 0 Å². The number of rotatable bonds is 4. The van der Waals surface area contributed by atoms with Gasteiger partial charge in [-0.15, -0.1) is 0 Å². The van der Waals surface area contributed by atoms with Crippen LogP contribution in [0.1, 0.15) is 31.7 Å². The van der Waals surface area contributed by atoms with E-state index in [4.69, 9.17) is 21.7 Å². The highest BCUT2D eigenvalue weighted by Gasteiger charge is 2.12. The highest BCUT2D eigenvalue weighted by molar-refractivity contribution is 7.80. The summed E-state index contributed by atoms with van der Waals surface area (Å²) in [7, 11) is 0. The predicted octanol–water partition coefficient (Wildman–Crippen LogP) is 4.78. The maximum Gasteiger partial charge on any atom is 0.175 e. The van der Waals surface area contributed by atoms with Crippen LogP contribution in [0.15, 0.2) is 42.5 Å². The van der Waals surface area contributed by atoms with Gasteiger partial charge < -0.3 is 20.1 Å². The lowest BCUT2D eigenvalue weighted by molar-refractivity contribution is 0.171. The van der Waals surface area contributed by atoms with Crippen molar-refractivity contribution in [3.05, 3.63) is 48.0 Å². The summed E-state index contributed by atoms with van der Waals surface area (Å²) in [5.74, 6) is 2.08. The zero-order valence-corrected chi connectivity index (χ0v) is 14.8. The van der Waals surface area contributed by atoms with Crippen LogP contribution < -0.4 is 20.1 Å². The Morgan fingerprint density at radius 1 is 1.00 bits per heavy atom. The van der Waals surface area contributed by atoms with Crippen LogP contribution in [-0.2, 0) is 0 Å². The van der Waals surface area contributed by atoms with Gasteiger partial charge in [0.15, 0.2) is 16.6 Å². The molecule has 24 heavy (non-hydrogen) atoms. The molecule has 1 heterocycles. The summed E-state index contributed by atoms with van der Waals surface area (Å²) in [6, 6.07) is 14.1. The molecule has 0 unspecified atom stereocenters. The van der Waals surface area contributed by atoms with E-state index in [0.29, 0.717) is 24.2 Å². The van der Waals surface area contributed by atoms with Gasteiger partial charge in [-0.2, -0.15) is 0 Å². The number of nitrogens with one attached hydrogen (secondary N) is 2. The number of hydrogen-bond donors (Lipinski definition) is 2. The van der Waals surface area contributed by atoms with Gasteiger partial charge in [0.05, 0.1) is 0 Å². The van der Waals surface area contributed by atoms with E-state index in [9.17, 15) is 0 Å². The maximum absolute atomic E-state index is 5.58. The van der Waals surface area contributed by atoms with Gasteiger partial charge in [-0.1, -0.05) is 26.0 Å². The van der Waals surface area contributed by atoms with Gasteiger partial charge in [-0.05, 0) is 54.4 Å². The molecule has 1 aliphatic heterocycles. The summed E-state index contributed by atoms with van der Waals surface area (Å²) in [6.45, 7) is 5.59. The molecule has 0 aromatic heterocycles. The molecule has 0 saturated heterocycles. The molecular formula is C19H22N2O2S. The van der Waals surface area contributed by atoms with E-state index in [-0.39, 0.29) is 0 Å². The van der Waals surface area contributed by atoms with Gasteiger partial charge in [0, 0.05) is 17.4 Å². The summed E-state index contributed by atoms with van der Waals surface area (Å²) < 4.78 is 11.1. The summed E-state index contributed by atoms with van der Waals surface area (Å²) in [4.78, 5) is 0. The van der Waals surface area contributed by atoms with Crippen LogP contribution in [0.2, 0.25) is 0 Å². The van der Waals surface area contributed by atoms with Crippen molar-refractivity contribution in [3.63, 3.8) is 0 Å². The fourth-order valence-corrected chi connectivity index (χ4v) is 2.78. The SMILES string of the molecule is CC[C@H](C)c1ccc(NC(=S)Nc2ccc3c(c2)OCCO3)cc1. The molecule has 5 heteroatoms. The third kappa shape index (κ3) is 3.97. The Morgan fingerprint density at radius 3 is 2.33 bits per heavy atom. The third-order valence-electron chi connectivity index (χ3n) is 4.15. The first-order valence-electron chi connectivity index (χ1n) is 8.23. The molecular weight excluding hydrogens is 320 g/mol. The summed E-state index contributed by atoms with van der Waals surface area (Å²) >= 11 is 5.39. The third-order valence-corrected chi connectivity index (χ3v) is 4.35. The molecule has 2 N–H and O–H groups in total. The predicted molar refractivity (Wildman–Crippen MR) is 102 cm³/mol. The van der Waals surface area contributed by atoms with E-state index in [1.165, 1.54) is 5.56 Å². The molecule has 3 rings (SSSR count). The molecule has 0 amide bonds. The highest BCUT2D eigenvalue weighted by atomic mass is 32.1. The Labute approximate surface area is 148 Å². The van der Waals surface area contributed by atoms with Crippen molar-refractivity contribution in [1.29, 1.82) is 0 Å². The van der Waals surface area contributed by atoms with Gasteiger partial charge in [0.2, 0.25) is 0 Å². The van der Waals surface area contributed by atoms with Gasteiger partial charge in [0.1, 0.15) is 13.2 Å². The number of benzene rings is 2. The number of fused-ring (bicyclic) bond motifs is 1. The van der Waals surface area contributed by atoms with Crippen LogP contribution in [0.5, 0.6) is 11.5 Å². The van der Waals surface area contributed by atoms with Crippen molar-refractivity contribution >= 4 is 28.7 Å². The lowest BCUT2D eigenvalue weighted by Crippen LogP contribution is -2.20. The van der Waals surface area contributed by atoms with Crippen LogP contribution >= 0.6 is 12.2 Å². The highest BCUT2D eigenvalue weighted by Crippen LogP contribution is 2.32. The summed E-state index contributed by atoms with van der Waals surface area (Å²) in [6.07, 6.45) is 1.14. The molecule has 0 aliphatic carbocycles. The van der Waals surface area contributed by atoms with Crippen LogP contribution in [0.25, 0.3) is 0 Å². The first-order valence-corrected chi connectivity index (χ1v) is 8.64. The van der Waals surface area contributed by atoms with E-state index in [1.807, 2.05) is 18.2 Å². The van der Waals surface area contributed by atoms with Crippen molar-refractivity contribution in [2.75, 3.05) is 23.8 Å². The first kappa shape index (κ1) is 16.6. The van der Waals surface area contributed by atoms with Crippen molar-refractivity contribution in [1.82, 2.24) is 0 Å². The molecule has 2 aromatic carbocycles. The Balaban J connectivity index is 1.61. The zero-order valence-electron chi connectivity index (χ0n) is 14.0. The minimum Gasteiger partial charge on any atom is -0.486 e.